The van der Waals surface area contributed by atoms with Crippen molar-refractivity contribution in [1.82, 2.24) is 10.2 Å². The van der Waals surface area contributed by atoms with Gasteiger partial charge in [-0.2, -0.15) is 0 Å². The Morgan fingerprint density at radius 2 is 1.95 bits per heavy atom. The van der Waals surface area contributed by atoms with Crippen molar-refractivity contribution in [2.24, 2.45) is 5.92 Å². The third kappa shape index (κ3) is 2.77. The minimum Gasteiger partial charge on any atom is -0.322 e. The monoisotopic (exact) mass is 280 g/mol. The van der Waals surface area contributed by atoms with Crippen LogP contribution in [0.3, 0.4) is 0 Å². The average Bonchev–Trinajstić information content (AvgIpc) is 2.75. The molecule has 0 spiro atoms. The quantitative estimate of drug-likeness (QED) is 0.919. The smallest absolute Gasteiger partial charge is 0.241 e. The van der Waals surface area contributed by atoms with E-state index in [0.29, 0.717) is 12.5 Å². The number of hydrogen-bond donors (Lipinski definition) is 1. The van der Waals surface area contributed by atoms with Crippen molar-refractivity contribution in [3.63, 3.8) is 0 Å². The van der Waals surface area contributed by atoms with Crippen LogP contribution in [-0.2, 0) is 4.79 Å². The van der Waals surface area contributed by atoms with E-state index >= 15 is 0 Å². The molecule has 3 nitrogen and oxygen atoms in total. The summed E-state index contributed by atoms with van der Waals surface area (Å²) in [6.45, 7) is 6.97. The van der Waals surface area contributed by atoms with Crippen LogP contribution in [0, 0.1) is 5.92 Å². The van der Waals surface area contributed by atoms with E-state index in [1.54, 1.807) is 0 Å². The fourth-order valence-corrected chi connectivity index (χ4v) is 2.67. The zero-order valence-corrected chi connectivity index (χ0v) is 12.4. The molecule has 1 aromatic rings. The number of nitrogens with one attached hydrogen (secondary N) is 1. The summed E-state index contributed by atoms with van der Waals surface area (Å²) >= 11 is 5.92. The van der Waals surface area contributed by atoms with E-state index in [9.17, 15) is 4.79 Å². The number of amides is 1. The number of halogens is 1. The third-order valence-corrected chi connectivity index (χ3v) is 4.19. The van der Waals surface area contributed by atoms with Gasteiger partial charge in [0.1, 0.15) is 6.17 Å². The topological polar surface area (TPSA) is 32.3 Å². The van der Waals surface area contributed by atoms with Crippen LogP contribution in [0.1, 0.15) is 38.9 Å². The minimum atomic E-state index is -0.0781. The number of likely N-dealkylation sites (N-methyl/N-ethyl adjacent to an activating group) is 1. The minimum absolute atomic E-state index is 0.0335. The van der Waals surface area contributed by atoms with Crippen molar-refractivity contribution in [1.29, 1.82) is 0 Å². The van der Waals surface area contributed by atoms with Crippen LogP contribution in [0.2, 0.25) is 5.02 Å². The summed E-state index contributed by atoms with van der Waals surface area (Å²) in [4.78, 5) is 14.3. The lowest BCUT2D eigenvalue weighted by molar-refractivity contribution is -0.130. The highest BCUT2D eigenvalue weighted by atomic mass is 35.5. The van der Waals surface area contributed by atoms with Gasteiger partial charge in [0.2, 0.25) is 5.91 Å². The van der Waals surface area contributed by atoms with Crippen LogP contribution < -0.4 is 5.32 Å². The van der Waals surface area contributed by atoms with Gasteiger partial charge in [0.05, 0.1) is 6.04 Å². The molecule has 2 rings (SSSR count). The first-order valence-electron chi connectivity index (χ1n) is 6.90. The van der Waals surface area contributed by atoms with Gasteiger partial charge < -0.3 is 4.90 Å². The van der Waals surface area contributed by atoms with Crippen molar-refractivity contribution < 1.29 is 4.79 Å². The van der Waals surface area contributed by atoms with Crippen LogP contribution in [0.5, 0.6) is 0 Å². The first-order chi connectivity index (χ1) is 9.08. The molecule has 1 aliphatic heterocycles. The summed E-state index contributed by atoms with van der Waals surface area (Å²) in [7, 11) is 0. The molecule has 0 saturated carbocycles. The van der Waals surface area contributed by atoms with Crippen LogP contribution >= 0.6 is 11.6 Å². The SMILES string of the molecule is CCC(C)C1NC(c2ccc(Cl)cc2)N(CC)C1=O. The van der Waals surface area contributed by atoms with Crippen molar-refractivity contribution in [3.05, 3.63) is 34.9 Å². The van der Waals surface area contributed by atoms with Gasteiger partial charge in [-0.1, -0.05) is 44.0 Å². The Bertz CT molecular complexity index is 446. The molecule has 1 N–H and O–H groups in total. The molecule has 1 aliphatic rings. The van der Waals surface area contributed by atoms with Gasteiger partial charge in [0.15, 0.2) is 0 Å². The Morgan fingerprint density at radius 3 is 2.47 bits per heavy atom. The largest absolute Gasteiger partial charge is 0.322 e. The maximum Gasteiger partial charge on any atom is 0.241 e. The van der Waals surface area contributed by atoms with Crippen molar-refractivity contribution in [3.8, 4) is 0 Å². The van der Waals surface area contributed by atoms with Crippen LogP contribution in [0.25, 0.3) is 0 Å². The molecule has 1 aromatic carbocycles. The standard InChI is InChI=1S/C15H21ClN2O/c1-4-10(3)13-15(19)18(5-2)14(17-13)11-6-8-12(16)9-7-11/h6-10,13-14,17H,4-5H2,1-3H3. The molecule has 0 aliphatic carbocycles. The van der Waals surface area contributed by atoms with E-state index in [1.807, 2.05) is 36.1 Å². The molecular formula is C15H21ClN2O. The van der Waals surface area contributed by atoms with Gasteiger partial charge in [-0.25, -0.2) is 0 Å². The second-order valence-electron chi connectivity index (χ2n) is 5.11. The number of benzene rings is 1. The Hall–Kier alpha value is -1.06. The van der Waals surface area contributed by atoms with E-state index in [4.69, 9.17) is 11.6 Å². The number of carbonyl (C=O) groups excluding carboxylic acids is 1. The fraction of sp³-hybridized carbons (Fsp3) is 0.533. The van der Waals surface area contributed by atoms with Crippen LogP contribution in [-0.4, -0.2) is 23.4 Å². The molecule has 0 aromatic heterocycles. The van der Waals surface area contributed by atoms with Gasteiger partial charge in [-0.3, -0.25) is 10.1 Å². The third-order valence-electron chi connectivity index (χ3n) is 3.94. The summed E-state index contributed by atoms with van der Waals surface area (Å²) in [5.41, 5.74) is 1.09. The highest BCUT2D eigenvalue weighted by molar-refractivity contribution is 6.30. The Morgan fingerprint density at radius 1 is 1.32 bits per heavy atom. The molecule has 19 heavy (non-hydrogen) atoms. The Kier molecular flexibility index (Phi) is 4.48. The molecule has 1 heterocycles. The second-order valence-corrected chi connectivity index (χ2v) is 5.54. The zero-order valence-electron chi connectivity index (χ0n) is 11.7. The molecule has 1 amide bonds. The van der Waals surface area contributed by atoms with E-state index < -0.39 is 0 Å². The molecule has 1 fully saturated rings. The fourth-order valence-electron chi connectivity index (χ4n) is 2.54. The van der Waals surface area contributed by atoms with E-state index in [2.05, 4.69) is 19.2 Å². The number of rotatable bonds is 4. The van der Waals surface area contributed by atoms with Crippen molar-refractivity contribution in [2.75, 3.05) is 6.54 Å². The predicted molar refractivity (Wildman–Crippen MR) is 78.0 cm³/mol. The van der Waals surface area contributed by atoms with Crippen molar-refractivity contribution >= 4 is 17.5 Å². The van der Waals surface area contributed by atoms with Crippen LogP contribution in [0.15, 0.2) is 24.3 Å². The van der Waals surface area contributed by atoms with Gasteiger partial charge in [0.25, 0.3) is 0 Å². The molecule has 1 saturated heterocycles. The highest BCUT2D eigenvalue weighted by Crippen LogP contribution is 2.29. The predicted octanol–water partition coefficient (Wildman–Crippen LogP) is 3.21. The van der Waals surface area contributed by atoms with E-state index in [-0.39, 0.29) is 18.1 Å². The summed E-state index contributed by atoms with van der Waals surface area (Å²) in [6.07, 6.45) is 0.961. The summed E-state index contributed by atoms with van der Waals surface area (Å²) in [6, 6.07) is 7.62. The number of nitrogens with zero attached hydrogens (tertiary/aromatic N) is 1. The van der Waals surface area contributed by atoms with Gasteiger partial charge in [0, 0.05) is 11.6 Å². The lowest BCUT2D eigenvalue weighted by atomic mass is 9.99. The summed E-state index contributed by atoms with van der Waals surface area (Å²) in [5.74, 6) is 0.552. The first kappa shape index (κ1) is 14.4. The molecule has 0 radical (unpaired) electrons. The normalized spacial score (nSPS) is 24.8. The summed E-state index contributed by atoms with van der Waals surface area (Å²) < 4.78 is 0. The molecular weight excluding hydrogens is 260 g/mol. The molecule has 3 unspecified atom stereocenters. The van der Waals surface area contributed by atoms with Gasteiger partial charge >= 0.3 is 0 Å². The first-order valence-corrected chi connectivity index (χ1v) is 7.28. The van der Waals surface area contributed by atoms with Gasteiger partial charge in [-0.05, 0) is 30.5 Å². The lowest BCUT2D eigenvalue weighted by Gasteiger charge is -2.22. The zero-order chi connectivity index (χ0) is 14.0. The maximum atomic E-state index is 12.4. The average molecular weight is 281 g/mol. The van der Waals surface area contributed by atoms with E-state index in [1.165, 1.54) is 0 Å². The molecule has 104 valence electrons. The lowest BCUT2D eigenvalue weighted by Crippen LogP contribution is -2.35. The van der Waals surface area contributed by atoms with Gasteiger partial charge in [-0.15, -0.1) is 0 Å². The number of carbonyl (C=O) groups is 1. The second kappa shape index (κ2) is 5.93. The summed E-state index contributed by atoms with van der Waals surface area (Å²) in [5, 5.41) is 4.18. The van der Waals surface area contributed by atoms with Crippen molar-refractivity contribution in [2.45, 2.75) is 39.4 Å². The highest BCUT2D eigenvalue weighted by Gasteiger charge is 2.40. The molecule has 4 heteroatoms. The van der Waals surface area contributed by atoms with Crippen LogP contribution in [0.4, 0.5) is 0 Å². The maximum absolute atomic E-state index is 12.4. The molecule has 3 atom stereocenters. The Labute approximate surface area is 119 Å². The Balaban J connectivity index is 2.25. The van der Waals surface area contributed by atoms with E-state index in [0.717, 1.165) is 17.0 Å². The molecule has 0 bridgehead atoms. The number of hydrogen-bond acceptors (Lipinski definition) is 2.